The molecule has 2 atom stereocenters. The molecule has 1 heterocycles. The number of rotatable bonds is 1. The smallest absolute Gasteiger partial charge is 0.339 e. The summed E-state index contributed by atoms with van der Waals surface area (Å²) in [6, 6.07) is 0. The van der Waals surface area contributed by atoms with Crippen LogP contribution >= 0.6 is 0 Å². The lowest BCUT2D eigenvalue weighted by Gasteiger charge is -2.01. The van der Waals surface area contributed by atoms with Gasteiger partial charge in [-0.2, -0.15) is 0 Å². The van der Waals surface area contributed by atoms with Crippen LogP contribution in [0.2, 0.25) is 0 Å². The van der Waals surface area contributed by atoms with Gasteiger partial charge in [0, 0.05) is 5.57 Å². The van der Waals surface area contributed by atoms with E-state index in [1.165, 1.54) is 6.92 Å². The van der Waals surface area contributed by atoms with Crippen LogP contribution in [0.4, 0.5) is 0 Å². The fraction of sp³-hybridized carbons (Fsp3) is 0.571. The monoisotopic (exact) mass is 158 g/mol. The van der Waals surface area contributed by atoms with Gasteiger partial charge in [0.2, 0.25) is 6.29 Å². The number of aliphatic hydroxyl groups excluding tert-OH is 2. The number of carbonyl (C=O) groups excluding carboxylic acids is 1. The number of esters is 1. The Morgan fingerprint density at radius 2 is 2.18 bits per heavy atom. The number of ether oxygens (including phenoxy) is 1. The third-order valence-electron chi connectivity index (χ3n) is 1.65. The molecule has 0 saturated heterocycles. The Labute approximate surface area is 64.1 Å². The summed E-state index contributed by atoms with van der Waals surface area (Å²) in [5, 5.41) is 18.0. The van der Waals surface area contributed by atoms with Crippen LogP contribution < -0.4 is 0 Å². The summed E-state index contributed by atoms with van der Waals surface area (Å²) >= 11 is 0. The summed E-state index contributed by atoms with van der Waals surface area (Å²) in [4.78, 5) is 10.8. The van der Waals surface area contributed by atoms with Crippen molar-refractivity contribution in [2.45, 2.75) is 26.2 Å². The van der Waals surface area contributed by atoms with E-state index in [0.717, 1.165) is 0 Å². The Bertz CT molecular complexity index is 216. The minimum Gasteiger partial charge on any atom is -0.428 e. The number of hydrogen-bond acceptors (Lipinski definition) is 4. The lowest BCUT2D eigenvalue weighted by molar-refractivity contribution is -0.152. The first-order chi connectivity index (χ1) is 5.04. The molecule has 0 aliphatic carbocycles. The molecule has 0 spiro atoms. The van der Waals surface area contributed by atoms with Gasteiger partial charge < -0.3 is 14.9 Å². The standard InChI is InChI=1S/C7H10O4/c1-3-5(4(2)8)7(10)11-6(3)9/h4,6,8-9H,1-2H3/t4-,6?/m0/s1. The van der Waals surface area contributed by atoms with Gasteiger partial charge in [-0.1, -0.05) is 0 Å². The topological polar surface area (TPSA) is 66.8 Å². The first-order valence-electron chi connectivity index (χ1n) is 3.32. The van der Waals surface area contributed by atoms with Gasteiger partial charge in [0.1, 0.15) is 0 Å². The molecule has 0 bridgehead atoms. The summed E-state index contributed by atoms with van der Waals surface area (Å²) in [6.07, 6.45) is -2.05. The number of carbonyl (C=O) groups is 1. The molecule has 0 fully saturated rings. The van der Waals surface area contributed by atoms with E-state index < -0.39 is 18.4 Å². The second kappa shape index (κ2) is 2.64. The first-order valence-corrected chi connectivity index (χ1v) is 3.32. The van der Waals surface area contributed by atoms with E-state index >= 15 is 0 Å². The van der Waals surface area contributed by atoms with Gasteiger partial charge in [-0.15, -0.1) is 0 Å². The molecule has 0 amide bonds. The number of hydrogen-bond donors (Lipinski definition) is 2. The Balaban J connectivity index is 2.97. The van der Waals surface area contributed by atoms with Crippen molar-refractivity contribution in [2.75, 3.05) is 0 Å². The molecular formula is C7H10O4. The van der Waals surface area contributed by atoms with Crippen LogP contribution in [0.5, 0.6) is 0 Å². The normalized spacial score (nSPS) is 27.3. The van der Waals surface area contributed by atoms with E-state index in [-0.39, 0.29) is 5.57 Å². The molecule has 1 aliphatic rings. The van der Waals surface area contributed by atoms with Gasteiger partial charge in [0.25, 0.3) is 0 Å². The second-order valence-corrected chi connectivity index (χ2v) is 2.53. The third kappa shape index (κ3) is 1.27. The Hall–Kier alpha value is -0.870. The average molecular weight is 158 g/mol. The van der Waals surface area contributed by atoms with Gasteiger partial charge in [-0.25, -0.2) is 4.79 Å². The van der Waals surface area contributed by atoms with Crippen molar-refractivity contribution in [3.8, 4) is 0 Å². The molecule has 0 aromatic heterocycles. The largest absolute Gasteiger partial charge is 0.428 e. The van der Waals surface area contributed by atoms with Gasteiger partial charge in [-0.3, -0.25) is 0 Å². The maximum Gasteiger partial charge on any atom is 0.339 e. The molecule has 1 rings (SSSR count). The fourth-order valence-electron chi connectivity index (χ4n) is 1.05. The highest BCUT2D eigenvalue weighted by Gasteiger charge is 2.32. The van der Waals surface area contributed by atoms with Crippen molar-refractivity contribution in [3.05, 3.63) is 11.1 Å². The van der Waals surface area contributed by atoms with Crippen molar-refractivity contribution in [3.63, 3.8) is 0 Å². The molecule has 11 heavy (non-hydrogen) atoms. The Morgan fingerprint density at radius 3 is 2.36 bits per heavy atom. The van der Waals surface area contributed by atoms with Crippen LogP contribution in [0.1, 0.15) is 13.8 Å². The van der Waals surface area contributed by atoms with Crippen molar-refractivity contribution in [1.82, 2.24) is 0 Å². The predicted octanol–water partition coefficient (Wildman–Crippen LogP) is -0.441. The van der Waals surface area contributed by atoms with E-state index in [4.69, 9.17) is 10.2 Å². The summed E-state index contributed by atoms with van der Waals surface area (Å²) in [5.74, 6) is -0.634. The van der Waals surface area contributed by atoms with Crippen molar-refractivity contribution >= 4 is 5.97 Å². The molecule has 1 aliphatic heterocycles. The quantitative estimate of drug-likeness (QED) is 0.507. The lowest BCUT2D eigenvalue weighted by Crippen LogP contribution is -2.12. The highest BCUT2D eigenvalue weighted by Crippen LogP contribution is 2.22. The summed E-state index contributed by atoms with van der Waals surface area (Å²) < 4.78 is 4.43. The summed E-state index contributed by atoms with van der Waals surface area (Å²) in [5.41, 5.74) is 0.558. The predicted molar refractivity (Wildman–Crippen MR) is 36.5 cm³/mol. The summed E-state index contributed by atoms with van der Waals surface area (Å²) in [7, 11) is 0. The van der Waals surface area contributed by atoms with Crippen molar-refractivity contribution < 1.29 is 19.7 Å². The minimum absolute atomic E-state index is 0.164. The average Bonchev–Trinajstić information content (AvgIpc) is 2.07. The van der Waals surface area contributed by atoms with E-state index in [1.807, 2.05) is 0 Å². The summed E-state index contributed by atoms with van der Waals surface area (Å²) in [6.45, 7) is 3.01. The molecule has 0 radical (unpaired) electrons. The van der Waals surface area contributed by atoms with Crippen molar-refractivity contribution in [2.24, 2.45) is 0 Å². The maximum atomic E-state index is 10.8. The Morgan fingerprint density at radius 1 is 1.64 bits per heavy atom. The van der Waals surface area contributed by atoms with Gasteiger partial charge in [0.15, 0.2) is 0 Å². The second-order valence-electron chi connectivity index (χ2n) is 2.53. The molecule has 4 heteroatoms. The molecule has 0 aromatic carbocycles. The molecule has 0 aromatic rings. The van der Waals surface area contributed by atoms with E-state index in [9.17, 15) is 4.79 Å². The van der Waals surface area contributed by atoms with E-state index in [1.54, 1.807) is 6.92 Å². The first kappa shape index (κ1) is 8.23. The highest BCUT2D eigenvalue weighted by molar-refractivity contribution is 5.92. The zero-order chi connectivity index (χ0) is 8.59. The molecule has 0 saturated carbocycles. The Kier molecular flexibility index (Phi) is 1.97. The van der Waals surface area contributed by atoms with Crippen LogP contribution in [0.3, 0.4) is 0 Å². The third-order valence-corrected chi connectivity index (χ3v) is 1.65. The fourth-order valence-corrected chi connectivity index (χ4v) is 1.05. The van der Waals surface area contributed by atoms with Crippen LogP contribution in [-0.4, -0.2) is 28.6 Å². The maximum absolute atomic E-state index is 10.8. The zero-order valence-corrected chi connectivity index (χ0v) is 6.37. The van der Waals surface area contributed by atoms with Crippen LogP contribution in [0, 0.1) is 0 Å². The lowest BCUT2D eigenvalue weighted by atomic mass is 10.1. The molecule has 62 valence electrons. The SMILES string of the molecule is CC1=C([C@H](C)O)C(=O)OC1O. The van der Waals surface area contributed by atoms with Crippen LogP contribution in [-0.2, 0) is 9.53 Å². The van der Waals surface area contributed by atoms with Gasteiger partial charge in [0.05, 0.1) is 11.7 Å². The minimum atomic E-state index is -1.17. The van der Waals surface area contributed by atoms with E-state index in [2.05, 4.69) is 4.74 Å². The van der Waals surface area contributed by atoms with Crippen LogP contribution in [0.25, 0.3) is 0 Å². The van der Waals surface area contributed by atoms with Gasteiger partial charge >= 0.3 is 5.97 Å². The molecule has 4 nitrogen and oxygen atoms in total. The van der Waals surface area contributed by atoms with Crippen molar-refractivity contribution in [1.29, 1.82) is 0 Å². The molecular weight excluding hydrogens is 148 g/mol. The highest BCUT2D eigenvalue weighted by atomic mass is 16.6. The molecule has 1 unspecified atom stereocenters. The van der Waals surface area contributed by atoms with Gasteiger partial charge in [-0.05, 0) is 13.8 Å². The van der Waals surface area contributed by atoms with E-state index in [0.29, 0.717) is 5.57 Å². The molecule has 2 N–H and O–H groups in total. The zero-order valence-electron chi connectivity index (χ0n) is 6.37. The number of cyclic esters (lactones) is 1. The number of aliphatic hydroxyl groups is 2. The van der Waals surface area contributed by atoms with Crippen LogP contribution in [0.15, 0.2) is 11.1 Å².